The van der Waals surface area contributed by atoms with Crippen molar-refractivity contribution in [3.63, 3.8) is 0 Å². The van der Waals surface area contributed by atoms with Crippen LogP contribution < -0.4 is 19.5 Å². The number of carbonyl (C=O) groups excluding carboxylic acids is 2. The zero-order chi connectivity index (χ0) is 19.1. The molecule has 0 unspecified atom stereocenters. The van der Waals surface area contributed by atoms with Crippen molar-refractivity contribution in [2.45, 2.75) is 6.92 Å². The maximum absolute atomic E-state index is 12.7. The second-order valence-electron chi connectivity index (χ2n) is 4.99. The Balaban J connectivity index is 2.44. The van der Waals surface area contributed by atoms with Gasteiger partial charge in [-0.15, -0.1) is 0 Å². The van der Waals surface area contributed by atoms with Crippen molar-refractivity contribution in [3.8, 4) is 17.4 Å². The van der Waals surface area contributed by atoms with Crippen LogP contribution in [0.4, 0.5) is 5.69 Å². The molecule has 0 spiro atoms. The summed E-state index contributed by atoms with van der Waals surface area (Å²) >= 11 is 0. The minimum atomic E-state index is -0.627. The van der Waals surface area contributed by atoms with E-state index >= 15 is 0 Å². The average Bonchev–Trinajstić information content (AvgIpc) is 2.67. The molecule has 0 bridgehead atoms. The minimum Gasteiger partial charge on any atom is -0.493 e. The third kappa shape index (κ3) is 4.02. The van der Waals surface area contributed by atoms with E-state index in [1.807, 2.05) is 0 Å². The monoisotopic (exact) mass is 360 g/mol. The summed E-state index contributed by atoms with van der Waals surface area (Å²) in [7, 11) is 4.15. The van der Waals surface area contributed by atoms with E-state index < -0.39 is 11.9 Å². The van der Waals surface area contributed by atoms with Crippen LogP contribution in [-0.2, 0) is 4.74 Å². The summed E-state index contributed by atoms with van der Waals surface area (Å²) in [6, 6.07) is 6.12. The lowest BCUT2D eigenvalue weighted by Crippen LogP contribution is -2.17. The second kappa shape index (κ2) is 8.70. The van der Waals surface area contributed by atoms with Gasteiger partial charge in [-0.05, 0) is 19.1 Å². The van der Waals surface area contributed by atoms with Crippen molar-refractivity contribution < 1.29 is 28.5 Å². The first-order chi connectivity index (χ1) is 12.5. The standard InChI is InChI=1S/C18H20N2O6/c1-5-26-17-11(7-6-8-19-17)16(21)20-13-10-15(24-3)14(23-2)9-12(13)18(22)25-4/h6-10H,5H2,1-4H3,(H,20,21). The molecule has 0 saturated carbocycles. The van der Waals surface area contributed by atoms with Gasteiger partial charge in [0.15, 0.2) is 11.5 Å². The highest BCUT2D eigenvalue weighted by Gasteiger charge is 2.21. The Kier molecular flexibility index (Phi) is 6.37. The highest BCUT2D eigenvalue weighted by atomic mass is 16.5. The van der Waals surface area contributed by atoms with Gasteiger partial charge in [0.05, 0.1) is 39.2 Å². The molecule has 1 N–H and O–H groups in total. The number of anilines is 1. The molecule has 1 heterocycles. The fourth-order valence-corrected chi connectivity index (χ4v) is 2.27. The van der Waals surface area contributed by atoms with E-state index in [0.29, 0.717) is 18.1 Å². The third-order valence-electron chi connectivity index (χ3n) is 3.47. The van der Waals surface area contributed by atoms with Crippen LogP contribution >= 0.6 is 0 Å². The van der Waals surface area contributed by atoms with Crippen LogP contribution in [0.2, 0.25) is 0 Å². The minimum absolute atomic E-state index is 0.125. The first kappa shape index (κ1) is 19.0. The van der Waals surface area contributed by atoms with Crippen LogP contribution in [0.5, 0.6) is 17.4 Å². The van der Waals surface area contributed by atoms with Gasteiger partial charge in [-0.3, -0.25) is 4.79 Å². The Hall–Kier alpha value is -3.29. The first-order valence-corrected chi connectivity index (χ1v) is 7.79. The molecule has 0 aliphatic rings. The van der Waals surface area contributed by atoms with Crippen LogP contribution in [0.15, 0.2) is 30.5 Å². The number of benzene rings is 1. The Morgan fingerprint density at radius 1 is 1.08 bits per heavy atom. The Labute approximate surface area is 151 Å². The number of esters is 1. The molecular weight excluding hydrogens is 340 g/mol. The number of pyridine rings is 1. The van der Waals surface area contributed by atoms with Crippen LogP contribution in [0.3, 0.4) is 0 Å². The predicted octanol–water partition coefficient (Wildman–Crippen LogP) is 2.54. The second-order valence-corrected chi connectivity index (χ2v) is 4.99. The number of ether oxygens (including phenoxy) is 4. The van der Waals surface area contributed by atoms with Gasteiger partial charge in [-0.2, -0.15) is 0 Å². The quantitative estimate of drug-likeness (QED) is 0.758. The van der Waals surface area contributed by atoms with Crippen molar-refractivity contribution in [1.29, 1.82) is 0 Å². The number of amides is 1. The fourth-order valence-electron chi connectivity index (χ4n) is 2.27. The summed E-state index contributed by atoms with van der Waals surface area (Å²) in [6.07, 6.45) is 1.53. The van der Waals surface area contributed by atoms with Crippen molar-refractivity contribution in [3.05, 3.63) is 41.6 Å². The average molecular weight is 360 g/mol. The number of methoxy groups -OCH3 is 3. The normalized spacial score (nSPS) is 10.0. The summed E-state index contributed by atoms with van der Waals surface area (Å²) < 4.78 is 20.6. The summed E-state index contributed by atoms with van der Waals surface area (Å²) in [5.41, 5.74) is 0.575. The number of nitrogens with one attached hydrogen (secondary N) is 1. The topological polar surface area (TPSA) is 96.0 Å². The van der Waals surface area contributed by atoms with Gasteiger partial charge in [0.1, 0.15) is 5.56 Å². The number of nitrogens with zero attached hydrogens (tertiary/aromatic N) is 1. The summed E-state index contributed by atoms with van der Waals surface area (Å²) in [4.78, 5) is 28.8. The molecule has 26 heavy (non-hydrogen) atoms. The maximum Gasteiger partial charge on any atom is 0.340 e. The van der Waals surface area contributed by atoms with Gasteiger partial charge < -0.3 is 24.3 Å². The molecule has 8 heteroatoms. The molecule has 2 rings (SSSR count). The molecular formula is C18H20N2O6. The predicted molar refractivity (Wildman–Crippen MR) is 94.2 cm³/mol. The van der Waals surface area contributed by atoms with E-state index in [2.05, 4.69) is 10.3 Å². The largest absolute Gasteiger partial charge is 0.493 e. The van der Waals surface area contributed by atoms with E-state index in [4.69, 9.17) is 18.9 Å². The molecule has 138 valence electrons. The summed E-state index contributed by atoms with van der Waals surface area (Å²) in [5.74, 6) is -0.224. The van der Waals surface area contributed by atoms with E-state index in [0.717, 1.165) is 0 Å². The van der Waals surface area contributed by atoms with Crippen LogP contribution in [0.1, 0.15) is 27.6 Å². The highest BCUT2D eigenvalue weighted by molar-refractivity contribution is 6.09. The zero-order valence-electron chi connectivity index (χ0n) is 15.0. The van der Waals surface area contributed by atoms with Crippen LogP contribution in [-0.4, -0.2) is 44.8 Å². The number of hydrogen-bond acceptors (Lipinski definition) is 7. The molecule has 0 fully saturated rings. The van der Waals surface area contributed by atoms with Crippen molar-refractivity contribution in [1.82, 2.24) is 4.98 Å². The molecule has 1 amide bonds. The van der Waals surface area contributed by atoms with Crippen molar-refractivity contribution in [2.75, 3.05) is 33.3 Å². The molecule has 1 aromatic heterocycles. The molecule has 0 saturated heterocycles. The number of aromatic nitrogens is 1. The van der Waals surface area contributed by atoms with Crippen molar-refractivity contribution >= 4 is 17.6 Å². The van der Waals surface area contributed by atoms with Gasteiger partial charge in [0.25, 0.3) is 5.91 Å². The van der Waals surface area contributed by atoms with Gasteiger partial charge in [-0.1, -0.05) is 0 Å². The first-order valence-electron chi connectivity index (χ1n) is 7.79. The molecule has 0 atom stereocenters. The number of rotatable bonds is 7. The van der Waals surface area contributed by atoms with E-state index in [1.54, 1.807) is 19.1 Å². The molecule has 0 radical (unpaired) electrons. The van der Waals surface area contributed by atoms with E-state index in [1.165, 1.54) is 39.7 Å². The summed E-state index contributed by atoms with van der Waals surface area (Å²) in [6.45, 7) is 2.15. The SMILES string of the molecule is CCOc1ncccc1C(=O)Nc1cc(OC)c(OC)cc1C(=O)OC. The third-order valence-corrected chi connectivity index (χ3v) is 3.47. The summed E-state index contributed by atoms with van der Waals surface area (Å²) in [5, 5.41) is 2.67. The van der Waals surface area contributed by atoms with E-state index in [-0.39, 0.29) is 22.7 Å². The molecule has 0 aliphatic heterocycles. The van der Waals surface area contributed by atoms with Crippen LogP contribution in [0, 0.1) is 0 Å². The smallest absolute Gasteiger partial charge is 0.340 e. The van der Waals surface area contributed by atoms with Gasteiger partial charge in [0, 0.05) is 18.3 Å². The molecule has 8 nitrogen and oxygen atoms in total. The van der Waals surface area contributed by atoms with Crippen molar-refractivity contribution in [2.24, 2.45) is 0 Å². The maximum atomic E-state index is 12.7. The highest BCUT2D eigenvalue weighted by Crippen LogP contribution is 2.34. The van der Waals surface area contributed by atoms with Gasteiger partial charge >= 0.3 is 5.97 Å². The lowest BCUT2D eigenvalue weighted by atomic mass is 10.1. The molecule has 2 aromatic rings. The molecule has 1 aromatic carbocycles. The number of hydrogen-bond donors (Lipinski definition) is 1. The molecule has 0 aliphatic carbocycles. The lowest BCUT2D eigenvalue weighted by molar-refractivity contribution is 0.0601. The van der Waals surface area contributed by atoms with Gasteiger partial charge in [-0.25, -0.2) is 9.78 Å². The van der Waals surface area contributed by atoms with Gasteiger partial charge in [0.2, 0.25) is 5.88 Å². The Morgan fingerprint density at radius 2 is 1.77 bits per heavy atom. The zero-order valence-corrected chi connectivity index (χ0v) is 15.0. The van der Waals surface area contributed by atoms with E-state index in [9.17, 15) is 9.59 Å². The Morgan fingerprint density at radius 3 is 2.38 bits per heavy atom. The Bertz CT molecular complexity index is 806. The number of carbonyl (C=O) groups is 2. The van der Waals surface area contributed by atoms with Crippen LogP contribution in [0.25, 0.3) is 0 Å². The fraction of sp³-hybridized carbons (Fsp3) is 0.278. The lowest BCUT2D eigenvalue weighted by Gasteiger charge is -2.15.